The quantitative estimate of drug-likeness (QED) is 0.907. The molecular weight excluding hydrogens is 330 g/mol. The average molecular weight is 355 g/mol. The lowest BCUT2D eigenvalue weighted by Crippen LogP contribution is -2.40. The van der Waals surface area contributed by atoms with Gasteiger partial charge in [0, 0.05) is 55.7 Å². The zero-order valence-electron chi connectivity index (χ0n) is 15.0. The van der Waals surface area contributed by atoms with Crippen LogP contribution in [0.5, 0.6) is 0 Å². The number of ether oxygens (including phenoxy) is 1. The van der Waals surface area contributed by atoms with Crippen LogP contribution in [-0.4, -0.2) is 56.6 Å². The van der Waals surface area contributed by atoms with Gasteiger partial charge in [0.2, 0.25) is 0 Å². The molecule has 1 saturated carbocycles. The summed E-state index contributed by atoms with van der Waals surface area (Å²) in [6.07, 6.45) is 9.92. The van der Waals surface area contributed by atoms with Crippen LogP contribution in [0.2, 0.25) is 0 Å². The summed E-state index contributed by atoms with van der Waals surface area (Å²) in [4.78, 5) is 14.6. The van der Waals surface area contributed by atoms with Gasteiger partial charge < -0.3 is 9.64 Å². The molecule has 7 heteroatoms. The number of nitrogens with one attached hydrogen (secondary N) is 1. The van der Waals surface area contributed by atoms with Gasteiger partial charge in [-0.2, -0.15) is 10.2 Å². The fourth-order valence-corrected chi connectivity index (χ4v) is 4.07. The Labute approximate surface area is 152 Å². The predicted octanol–water partition coefficient (Wildman–Crippen LogP) is 1.79. The second-order valence-electron chi connectivity index (χ2n) is 7.75. The lowest BCUT2D eigenvalue weighted by Gasteiger charge is -2.23. The largest absolute Gasteiger partial charge is 0.368 e. The monoisotopic (exact) mass is 355 g/mol. The number of H-pyrrole nitrogens is 1. The SMILES string of the molecule is O=C([C@H]1CCCO1)N1CCc2[nH]nc(-c3cnn(CC4CC4)c3)c2CC1. The third kappa shape index (κ3) is 3.05. The highest BCUT2D eigenvalue weighted by atomic mass is 16.5. The van der Waals surface area contributed by atoms with E-state index in [0.29, 0.717) is 6.61 Å². The van der Waals surface area contributed by atoms with Gasteiger partial charge >= 0.3 is 0 Å². The Balaban J connectivity index is 1.31. The average Bonchev–Trinajstić information content (AvgIpc) is 3.03. The van der Waals surface area contributed by atoms with Crippen LogP contribution in [0.25, 0.3) is 11.3 Å². The van der Waals surface area contributed by atoms with Crippen LogP contribution in [0.1, 0.15) is 36.9 Å². The number of rotatable bonds is 4. The van der Waals surface area contributed by atoms with Gasteiger partial charge in [0.1, 0.15) is 6.10 Å². The lowest BCUT2D eigenvalue weighted by atomic mass is 10.1. The molecule has 138 valence electrons. The molecule has 26 heavy (non-hydrogen) atoms. The van der Waals surface area contributed by atoms with E-state index < -0.39 is 0 Å². The Morgan fingerprint density at radius 2 is 2.15 bits per heavy atom. The van der Waals surface area contributed by atoms with E-state index in [1.54, 1.807) is 0 Å². The molecule has 0 radical (unpaired) electrons. The predicted molar refractivity (Wildman–Crippen MR) is 95.5 cm³/mol. The van der Waals surface area contributed by atoms with E-state index >= 15 is 0 Å². The Morgan fingerprint density at radius 1 is 1.27 bits per heavy atom. The van der Waals surface area contributed by atoms with Crippen molar-refractivity contribution < 1.29 is 9.53 Å². The van der Waals surface area contributed by atoms with Gasteiger partial charge in [0.15, 0.2) is 0 Å². The summed E-state index contributed by atoms with van der Waals surface area (Å²) in [6, 6.07) is 0. The van der Waals surface area contributed by atoms with Crippen LogP contribution in [0.3, 0.4) is 0 Å². The highest BCUT2D eigenvalue weighted by Crippen LogP contribution is 2.31. The van der Waals surface area contributed by atoms with Crippen molar-refractivity contribution in [2.45, 2.75) is 51.2 Å². The number of hydrogen-bond acceptors (Lipinski definition) is 4. The maximum Gasteiger partial charge on any atom is 0.251 e. The molecule has 3 aliphatic rings. The number of nitrogens with zero attached hydrogens (tertiary/aromatic N) is 4. The minimum atomic E-state index is -0.232. The van der Waals surface area contributed by atoms with Gasteiger partial charge in [-0.15, -0.1) is 0 Å². The molecule has 4 heterocycles. The number of fused-ring (bicyclic) bond motifs is 1. The molecule has 1 aliphatic carbocycles. The van der Waals surface area contributed by atoms with E-state index in [4.69, 9.17) is 4.74 Å². The van der Waals surface area contributed by atoms with Gasteiger partial charge in [0.25, 0.3) is 5.91 Å². The lowest BCUT2D eigenvalue weighted by molar-refractivity contribution is -0.140. The molecule has 1 N–H and O–H groups in total. The Bertz CT molecular complexity index is 801. The van der Waals surface area contributed by atoms with Crippen LogP contribution in [0, 0.1) is 5.92 Å². The maximum absolute atomic E-state index is 12.7. The second-order valence-corrected chi connectivity index (χ2v) is 7.75. The van der Waals surface area contributed by atoms with Crippen molar-refractivity contribution in [1.29, 1.82) is 0 Å². The molecule has 0 spiro atoms. The summed E-state index contributed by atoms with van der Waals surface area (Å²) in [5.41, 5.74) is 4.45. The second kappa shape index (κ2) is 6.54. The molecule has 7 nitrogen and oxygen atoms in total. The first kappa shape index (κ1) is 16.1. The fraction of sp³-hybridized carbons (Fsp3) is 0.632. The molecule has 1 saturated heterocycles. The van der Waals surface area contributed by atoms with Crippen LogP contribution >= 0.6 is 0 Å². The van der Waals surface area contributed by atoms with Crippen LogP contribution < -0.4 is 0 Å². The van der Waals surface area contributed by atoms with Gasteiger partial charge in [0.05, 0.1) is 11.9 Å². The number of hydrogen-bond donors (Lipinski definition) is 1. The number of carbonyl (C=O) groups is 1. The minimum Gasteiger partial charge on any atom is -0.368 e. The molecule has 0 aromatic carbocycles. The van der Waals surface area contributed by atoms with Gasteiger partial charge in [-0.3, -0.25) is 14.6 Å². The zero-order chi connectivity index (χ0) is 17.5. The minimum absolute atomic E-state index is 0.152. The van der Waals surface area contributed by atoms with Gasteiger partial charge in [-0.05, 0) is 38.0 Å². The highest BCUT2D eigenvalue weighted by Gasteiger charge is 2.30. The third-order valence-electron chi connectivity index (χ3n) is 5.78. The molecule has 2 aliphatic heterocycles. The van der Waals surface area contributed by atoms with Crippen molar-refractivity contribution in [3.63, 3.8) is 0 Å². The van der Waals surface area contributed by atoms with Crippen molar-refractivity contribution in [2.75, 3.05) is 19.7 Å². The van der Waals surface area contributed by atoms with E-state index in [1.807, 2.05) is 15.8 Å². The van der Waals surface area contributed by atoms with Crippen molar-refractivity contribution in [1.82, 2.24) is 24.9 Å². The van der Waals surface area contributed by atoms with Gasteiger partial charge in [-0.25, -0.2) is 0 Å². The topological polar surface area (TPSA) is 76.0 Å². The Morgan fingerprint density at radius 3 is 2.96 bits per heavy atom. The van der Waals surface area contributed by atoms with Crippen LogP contribution in [-0.2, 0) is 28.9 Å². The van der Waals surface area contributed by atoms with Crippen LogP contribution in [0.15, 0.2) is 12.4 Å². The summed E-state index contributed by atoms with van der Waals surface area (Å²) in [5, 5.41) is 12.3. The molecule has 1 atom stereocenters. The fourth-order valence-electron chi connectivity index (χ4n) is 4.07. The summed E-state index contributed by atoms with van der Waals surface area (Å²) < 4.78 is 7.62. The van der Waals surface area contributed by atoms with E-state index in [1.165, 1.54) is 18.4 Å². The highest BCUT2D eigenvalue weighted by molar-refractivity contribution is 5.81. The van der Waals surface area contributed by atoms with Crippen molar-refractivity contribution in [3.05, 3.63) is 23.7 Å². The maximum atomic E-state index is 12.7. The standard InChI is InChI=1S/C19H25N5O2/c25-19(17-2-1-9-26-17)23-7-5-15-16(6-8-23)21-22-18(15)14-10-20-24(12-14)11-13-3-4-13/h10,12-13,17H,1-9,11H2,(H,21,22)/t17-/m1/s1. The third-order valence-corrected chi connectivity index (χ3v) is 5.78. The summed E-state index contributed by atoms with van der Waals surface area (Å²) in [5.74, 6) is 0.954. The first-order chi connectivity index (χ1) is 12.8. The molecule has 1 amide bonds. The van der Waals surface area contributed by atoms with Crippen molar-refractivity contribution >= 4 is 5.91 Å². The number of amides is 1. The normalized spacial score (nSPS) is 23.1. The molecule has 2 fully saturated rings. The molecule has 5 rings (SSSR count). The van der Waals surface area contributed by atoms with Gasteiger partial charge in [-0.1, -0.05) is 0 Å². The molecule has 0 unspecified atom stereocenters. The smallest absolute Gasteiger partial charge is 0.251 e. The van der Waals surface area contributed by atoms with E-state index in [-0.39, 0.29) is 12.0 Å². The first-order valence-electron chi connectivity index (χ1n) is 9.77. The van der Waals surface area contributed by atoms with Crippen molar-refractivity contribution in [2.24, 2.45) is 5.92 Å². The summed E-state index contributed by atoms with van der Waals surface area (Å²) in [7, 11) is 0. The summed E-state index contributed by atoms with van der Waals surface area (Å²) >= 11 is 0. The zero-order valence-corrected chi connectivity index (χ0v) is 15.0. The first-order valence-corrected chi connectivity index (χ1v) is 9.77. The van der Waals surface area contributed by atoms with E-state index in [2.05, 4.69) is 21.5 Å². The Hall–Kier alpha value is -2.15. The molecule has 2 aromatic heterocycles. The molecular formula is C19H25N5O2. The molecule has 2 aromatic rings. The Kier molecular flexibility index (Phi) is 4.04. The number of carbonyl (C=O) groups excluding carboxylic acids is 1. The number of aromatic amines is 1. The van der Waals surface area contributed by atoms with Crippen LogP contribution in [0.4, 0.5) is 0 Å². The van der Waals surface area contributed by atoms with E-state index in [0.717, 1.165) is 68.2 Å². The molecule has 0 bridgehead atoms. The van der Waals surface area contributed by atoms with Crippen molar-refractivity contribution in [3.8, 4) is 11.3 Å². The van der Waals surface area contributed by atoms with E-state index in [9.17, 15) is 4.79 Å². The number of aromatic nitrogens is 4. The summed E-state index contributed by atoms with van der Waals surface area (Å²) in [6.45, 7) is 3.18.